The largest absolute Gasteiger partial charge is 0.454 e. The molecule has 9 aromatic carbocycles. The Morgan fingerprint density at radius 2 is 0.905 bits per heavy atom. The molecule has 13 aromatic rings. The lowest BCUT2D eigenvalue weighted by Gasteiger charge is -2.12. The minimum Gasteiger partial charge on any atom is -0.454 e. The third-order valence-corrected chi connectivity index (χ3v) is 12.4. The van der Waals surface area contributed by atoms with E-state index in [4.69, 9.17) is 19.4 Å². The molecule has 0 unspecified atom stereocenters. The second-order valence-corrected chi connectivity index (χ2v) is 16.0. The molecule has 0 bridgehead atoms. The number of benzene rings is 9. The summed E-state index contributed by atoms with van der Waals surface area (Å²) in [6.07, 6.45) is 0. The zero-order valence-corrected chi connectivity index (χ0v) is 33.9. The average Bonchev–Trinajstić information content (AvgIpc) is 4.02. The van der Waals surface area contributed by atoms with Gasteiger partial charge in [0.05, 0.1) is 16.6 Å². The van der Waals surface area contributed by atoms with Gasteiger partial charge in [-0.1, -0.05) is 158 Å². The summed E-state index contributed by atoms with van der Waals surface area (Å²) in [5.41, 5.74) is 13.3. The summed E-state index contributed by atoms with van der Waals surface area (Å²) in [6, 6.07) is 74.5. The van der Waals surface area contributed by atoms with Crippen molar-refractivity contribution in [3.8, 4) is 56.7 Å². The van der Waals surface area contributed by atoms with Gasteiger partial charge < -0.3 is 8.98 Å². The second kappa shape index (κ2) is 14.0. The lowest BCUT2D eigenvalue weighted by molar-refractivity contribution is 0.670. The number of furan rings is 1. The maximum Gasteiger partial charge on any atom is 0.238 e. The molecule has 0 fully saturated rings. The molecule has 0 spiro atoms. The van der Waals surface area contributed by atoms with Gasteiger partial charge in [-0.3, -0.25) is 4.57 Å². The highest BCUT2D eigenvalue weighted by Gasteiger charge is 2.25. The SMILES string of the molecule is c1ccc(-c2nc(-c3ccccc3)nc(-n3c4ccccc4c4c(-c5cccc(-c6ccc7c(c6)c6ccccc6n7-c6ccccc6)c5)cc5c6ccccc6oc5c43)n2)cc1. The van der Waals surface area contributed by atoms with Crippen molar-refractivity contribution in [3.05, 3.63) is 212 Å². The van der Waals surface area contributed by atoms with Crippen LogP contribution in [0.4, 0.5) is 0 Å². The Kier molecular flexibility index (Phi) is 7.80. The van der Waals surface area contributed by atoms with Crippen LogP contribution >= 0.6 is 0 Å². The normalized spacial score (nSPS) is 11.8. The predicted molar refractivity (Wildman–Crippen MR) is 258 cm³/mol. The highest BCUT2D eigenvalue weighted by Crippen LogP contribution is 2.46. The van der Waals surface area contributed by atoms with Crippen molar-refractivity contribution in [1.29, 1.82) is 0 Å². The summed E-state index contributed by atoms with van der Waals surface area (Å²) in [6.45, 7) is 0. The maximum absolute atomic E-state index is 6.89. The molecule has 4 heterocycles. The van der Waals surface area contributed by atoms with Crippen molar-refractivity contribution >= 4 is 65.6 Å². The summed E-state index contributed by atoms with van der Waals surface area (Å²) < 4.78 is 11.4. The fourth-order valence-electron chi connectivity index (χ4n) is 9.54. The standard InChI is InChI=1S/C57H35N5O/c1-4-17-36(18-5-1)55-58-56(37-19-6-2-7-20-37)60-57(59-55)62-49-29-14-11-27-44(49)52-45(35-47-43-26-12-15-30-51(43)63-54(47)53(52)62)40-22-16-21-38(33-40)39-31-32-50-46(34-39)42-25-10-13-28-48(42)61(50)41-23-8-3-9-24-41/h1-35H. The molecular weight excluding hydrogens is 771 g/mol. The van der Waals surface area contributed by atoms with Crippen molar-refractivity contribution in [2.24, 2.45) is 0 Å². The maximum atomic E-state index is 6.89. The van der Waals surface area contributed by atoms with E-state index >= 15 is 0 Å². The first-order chi connectivity index (χ1) is 31.2. The van der Waals surface area contributed by atoms with Gasteiger partial charge in [-0.15, -0.1) is 0 Å². The van der Waals surface area contributed by atoms with E-state index in [-0.39, 0.29) is 0 Å². The minimum atomic E-state index is 0.518. The predicted octanol–water partition coefficient (Wildman–Crippen LogP) is 14.6. The smallest absolute Gasteiger partial charge is 0.238 e. The first-order valence-electron chi connectivity index (χ1n) is 21.2. The van der Waals surface area contributed by atoms with Crippen molar-refractivity contribution in [3.63, 3.8) is 0 Å². The molecule has 0 aliphatic rings. The van der Waals surface area contributed by atoms with Crippen molar-refractivity contribution in [2.75, 3.05) is 0 Å². The Hall–Kier alpha value is -8.61. The topological polar surface area (TPSA) is 61.7 Å². The van der Waals surface area contributed by atoms with Crippen LogP contribution in [0.25, 0.3) is 122 Å². The van der Waals surface area contributed by atoms with E-state index in [1.165, 1.54) is 21.8 Å². The summed E-state index contributed by atoms with van der Waals surface area (Å²) >= 11 is 0. The van der Waals surface area contributed by atoms with Gasteiger partial charge in [0.15, 0.2) is 17.2 Å². The Morgan fingerprint density at radius 3 is 1.63 bits per heavy atom. The number of aromatic nitrogens is 5. The highest BCUT2D eigenvalue weighted by atomic mass is 16.3. The zero-order valence-electron chi connectivity index (χ0n) is 33.9. The quantitative estimate of drug-likeness (QED) is 0.168. The molecule has 0 N–H and O–H groups in total. The molecule has 6 heteroatoms. The van der Waals surface area contributed by atoms with Crippen LogP contribution in [-0.4, -0.2) is 24.1 Å². The monoisotopic (exact) mass is 805 g/mol. The van der Waals surface area contributed by atoms with Crippen LogP contribution < -0.4 is 0 Å². The second-order valence-electron chi connectivity index (χ2n) is 16.0. The van der Waals surface area contributed by atoms with E-state index in [2.05, 4.69) is 149 Å². The zero-order chi connectivity index (χ0) is 41.4. The van der Waals surface area contributed by atoms with Gasteiger partial charge in [0.2, 0.25) is 5.95 Å². The molecule has 63 heavy (non-hydrogen) atoms. The van der Waals surface area contributed by atoms with E-state index in [0.29, 0.717) is 17.6 Å². The molecule has 0 aliphatic carbocycles. The Morgan fingerprint density at radius 1 is 0.349 bits per heavy atom. The summed E-state index contributed by atoms with van der Waals surface area (Å²) in [7, 11) is 0. The number of rotatable bonds is 6. The average molecular weight is 806 g/mol. The summed E-state index contributed by atoms with van der Waals surface area (Å²) in [5, 5.41) is 6.67. The van der Waals surface area contributed by atoms with E-state index in [9.17, 15) is 0 Å². The number of fused-ring (bicyclic) bond motifs is 10. The molecule has 0 saturated carbocycles. The van der Waals surface area contributed by atoms with Crippen molar-refractivity contribution in [1.82, 2.24) is 24.1 Å². The Bertz CT molecular complexity index is 3850. The minimum absolute atomic E-state index is 0.518. The van der Waals surface area contributed by atoms with Crippen LogP contribution in [-0.2, 0) is 0 Å². The Balaban J connectivity index is 1.08. The van der Waals surface area contributed by atoms with Gasteiger partial charge in [0.25, 0.3) is 0 Å². The van der Waals surface area contributed by atoms with Crippen LogP contribution in [0.3, 0.4) is 0 Å². The molecule has 0 saturated heterocycles. The Labute approximate surface area is 361 Å². The molecule has 294 valence electrons. The first kappa shape index (κ1) is 35.2. The van der Waals surface area contributed by atoms with Gasteiger partial charge in [0.1, 0.15) is 11.1 Å². The van der Waals surface area contributed by atoms with E-state index in [0.717, 1.165) is 82.8 Å². The highest BCUT2D eigenvalue weighted by molar-refractivity contribution is 6.26. The van der Waals surface area contributed by atoms with Crippen LogP contribution in [0.5, 0.6) is 0 Å². The number of nitrogens with zero attached hydrogens (tertiary/aromatic N) is 5. The van der Waals surface area contributed by atoms with Gasteiger partial charge in [-0.25, -0.2) is 4.98 Å². The number of hydrogen-bond acceptors (Lipinski definition) is 4. The fraction of sp³-hybridized carbons (Fsp3) is 0. The van der Waals surface area contributed by atoms with Crippen LogP contribution in [0, 0.1) is 0 Å². The number of hydrogen-bond donors (Lipinski definition) is 0. The van der Waals surface area contributed by atoms with Gasteiger partial charge >= 0.3 is 0 Å². The van der Waals surface area contributed by atoms with E-state index in [1.807, 2.05) is 72.8 Å². The van der Waals surface area contributed by atoms with Gasteiger partial charge in [-0.2, -0.15) is 9.97 Å². The van der Waals surface area contributed by atoms with E-state index in [1.54, 1.807) is 0 Å². The van der Waals surface area contributed by atoms with Crippen LogP contribution in [0.2, 0.25) is 0 Å². The summed E-state index contributed by atoms with van der Waals surface area (Å²) in [5.74, 6) is 1.71. The number of para-hydroxylation sites is 4. The van der Waals surface area contributed by atoms with Crippen LogP contribution in [0.1, 0.15) is 0 Å². The molecule has 13 rings (SSSR count). The van der Waals surface area contributed by atoms with Gasteiger partial charge in [0, 0.05) is 49.1 Å². The van der Waals surface area contributed by atoms with Crippen LogP contribution in [0.15, 0.2) is 217 Å². The molecule has 4 aromatic heterocycles. The van der Waals surface area contributed by atoms with Crippen molar-refractivity contribution in [2.45, 2.75) is 0 Å². The van der Waals surface area contributed by atoms with Crippen molar-refractivity contribution < 1.29 is 4.42 Å². The molecule has 6 nitrogen and oxygen atoms in total. The first-order valence-corrected chi connectivity index (χ1v) is 21.2. The third-order valence-electron chi connectivity index (χ3n) is 12.4. The molecule has 0 amide bonds. The van der Waals surface area contributed by atoms with Gasteiger partial charge in [-0.05, 0) is 76.9 Å². The summed E-state index contributed by atoms with van der Waals surface area (Å²) in [4.78, 5) is 15.5. The molecule has 0 radical (unpaired) electrons. The molecular formula is C57H35N5O. The molecule has 0 atom stereocenters. The lowest BCUT2D eigenvalue weighted by Crippen LogP contribution is -2.06. The third kappa shape index (κ3) is 5.55. The van der Waals surface area contributed by atoms with E-state index < -0.39 is 0 Å². The molecule has 0 aliphatic heterocycles. The lowest BCUT2D eigenvalue weighted by atomic mass is 9.94. The fourth-order valence-corrected chi connectivity index (χ4v) is 9.54.